The van der Waals surface area contributed by atoms with Gasteiger partial charge in [0.15, 0.2) is 0 Å². The molecule has 0 saturated heterocycles. The largest absolute Gasteiger partial charge is 0.396 e. The first-order chi connectivity index (χ1) is 7.88. The number of hydrogen-bond acceptors (Lipinski definition) is 3. The van der Waals surface area contributed by atoms with Crippen LogP contribution >= 0.6 is 11.6 Å². The molecule has 0 radical (unpaired) electrons. The summed E-state index contributed by atoms with van der Waals surface area (Å²) < 4.78 is 0. The van der Waals surface area contributed by atoms with E-state index in [-0.39, 0.29) is 5.91 Å². The lowest BCUT2D eigenvalue weighted by molar-refractivity contribution is -0.128. The highest BCUT2D eigenvalue weighted by Gasteiger charge is 2.26. The minimum Gasteiger partial charge on any atom is -0.396 e. The van der Waals surface area contributed by atoms with Gasteiger partial charge < -0.3 is 16.4 Å². The van der Waals surface area contributed by atoms with Gasteiger partial charge in [-0.1, -0.05) is 17.7 Å². The molecule has 0 spiro atoms. The molecule has 4 nitrogen and oxygen atoms in total. The van der Waals surface area contributed by atoms with Crippen molar-refractivity contribution in [3.8, 4) is 0 Å². The van der Waals surface area contributed by atoms with Crippen LogP contribution in [0.5, 0.6) is 0 Å². The molecule has 0 aliphatic rings. The topological polar surface area (TPSA) is 67.2 Å². The number of carbonyl (C=O) groups excluding carboxylic acids is 1. The Bertz CT molecular complexity index is 418. The molecule has 1 rings (SSSR count). The van der Waals surface area contributed by atoms with Crippen molar-refractivity contribution in [2.45, 2.75) is 13.8 Å². The smallest absolute Gasteiger partial charge is 0.227 e. The standard InChI is InChI=1S/C12H18ClN3O/c1-12(2,11(17)15-3)7-16-9-6-4-5-8(13)10(9)14/h4-6,16H,7,14H2,1-3H3,(H,15,17). The lowest BCUT2D eigenvalue weighted by atomic mass is 9.92. The number of carbonyl (C=O) groups is 1. The highest BCUT2D eigenvalue weighted by molar-refractivity contribution is 6.33. The third kappa shape index (κ3) is 3.27. The van der Waals surface area contributed by atoms with Crippen molar-refractivity contribution in [1.82, 2.24) is 5.32 Å². The molecule has 17 heavy (non-hydrogen) atoms. The fraction of sp³-hybridized carbons (Fsp3) is 0.417. The third-order valence-electron chi connectivity index (χ3n) is 2.62. The first-order valence-corrected chi connectivity index (χ1v) is 5.76. The van der Waals surface area contributed by atoms with Crippen LogP contribution in [-0.2, 0) is 4.79 Å². The maximum Gasteiger partial charge on any atom is 0.227 e. The number of halogens is 1. The van der Waals surface area contributed by atoms with Crippen LogP contribution in [0.15, 0.2) is 18.2 Å². The van der Waals surface area contributed by atoms with Gasteiger partial charge in [-0.3, -0.25) is 4.79 Å². The van der Waals surface area contributed by atoms with E-state index in [1.807, 2.05) is 26.0 Å². The lowest BCUT2D eigenvalue weighted by Crippen LogP contribution is -2.39. The summed E-state index contributed by atoms with van der Waals surface area (Å²) in [6.45, 7) is 4.20. The predicted molar refractivity (Wildman–Crippen MR) is 72.2 cm³/mol. The van der Waals surface area contributed by atoms with Crippen LogP contribution < -0.4 is 16.4 Å². The summed E-state index contributed by atoms with van der Waals surface area (Å²) in [5.41, 5.74) is 6.56. The lowest BCUT2D eigenvalue weighted by Gasteiger charge is -2.24. The summed E-state index contributed by atoms with van der Waals surface area (Å²) in [6.07, 6.45) is 0. The van der Waals surface area contributed by atoms with Gasteiger partial charge in [-0.2, -0.15) is 0 Å². The second-order valence-corrected chi connectivity index (χ2v) is 4.92. The molecule has 5 heteroatoms. The summed E-state index contributed by atoms with van der Waals surface area (Å²) in [4.78, 5) is 11.6. The summed E-state index contributed by atoms with van der Waals surface area (Å²) in [6, 6.07) is 5.38. The molecule has 0 bridgehead atoms. The number of hydrogen-bond donors (Lipinski definition) is 3. The van der Waals surface area contributed by atoms with Gasteiger partial charge in [0.1, 0.15) is 0 Å². The van der Waals surface area contributed by atoms with Crippen molar-refractivity contribution in [3.63, 3.8) is 0 Å². The zero-order valence-electron chi connectivity index (χ0n) is 10.3. The predicted octanol–water partition coefficient (Wildman–Crippen LogP) is 2.11. The van der Waals surface area contributed by atoms with Crippen molar-refractivity contribution < 1.29 is 4.79 Å². The van der Waals surface area contributed by atoms with Crippen LogP contribution in [0.25, 0.3) is 0 Å². The molecule has 0 aliphatic carbocycles. The number of nitrogens with one attached hydrogen (secondary N) is 2. The van der Waals surface area contributed by atoms with Crippen LogP contribution in [0.4, 0.5) is 11.4 Å². The SMILES string of the molecule is CNC(=O)C(C)(C)CNc1cccc(Cl)c1N. The maximum absolute atomic E-state index is 11.6. The number of anilines is 2. The Labute approximate surface area is 107 Å². The second-order valence-electron chi connectivity index (χ2n) is 4.52. The Morgan fingerprint density at radius 3 is 2.71 bits per heavy atom. The number of para-hydroxylation sites is 1. The normalized spacial score (nSPS) is 11.1. The number of nitrogen functional groups attached to an aromatic ring is 1. The minimum atomic E-state index is -0.510. The molecule has 1 aromatic carbocycles. The molecule has 4 N–H and O–H groups in total. The third-order valence-corrected chi connectivity index (χ3v) is 2.95. The van der Waals surface area contributed by atoms with Crippen molar-refractivity contribution >= 4 is 28.9 Å². The van der Waals surface area contributed by atoms with E-state index in [2.05, 4.69) is 10.6 Å². The molecule has 1 amide bonds. The Kier molecular flexibility index (Phi) is 4.23. The first kappa shape index (κ1) is 13.6. The number of benzene rings is 1. The van der Waals surface area contributed by atoms with Crippen LogP contribution in [0.1, 0.15) is 13.8 Å². The summed E-state index contributed by atoms with van der Waals surface area (Å²) in [5, 5.41) is 6.28. The number of nitrogens with two attached hydrogens (primary N) is 1. The van der Waals surface area contributed by atoms with Crippen molar-refractivity contribution in [1.29, 1.82) is 0 Å². The average Bonchev–Trinajstić information content (AvgIpc) is 2.30. The van der Waals surface area contributed by atoms with E-state index in [9.17, 15) is 4.79 Å². The fourth-order valence-electron chi connectivity index (χ4n) is 1.43. The molecule has 0 aromatic heterocycles. The molecule has 1 aromatic rings. The van der Waals surface area contributed by atoms with E-state index < -0.39 is 5.41 Å². The van der Waals surface area contributed by atoms with Crippen LogP contribution in [0.3, 0.4) is 0 Å². The van der Waals surface area contributed by atoms with E-state index in [1.54, 1.807) is 13.1 Å². The molecule has 0 heterocycles. The monoisotopic (exact) mass is 255 g/mol. The minimum absolute atomic E-state index is 0.0226. The van der Waals surface area contributed by atoms with E-state index in [0.29, 0.717) is 17.3 Å². The van der Waals surface area contributed by atoms with Crippen LogP contribution in [0, 0.1) is 5.41 Å². The molecule has 0 unspecified atom stereocenters. The van der Waals surface area contributed by atoms with Crippen molar-refractivity contribution in [2.24, 2.45) is 5.41 Å². The summed E-state index contributed by atoms with van der Waals surface area (Å²) >= 11 is 5.91. The van der Waals surface area contributed by atoms with Crippen molar-refractivity contribution in [3.05, 3.63) is 23.2 Å². The van der Waals surface area contributed by atoms with Gasteiger partial charge in [0.2, 0.25) is 5.91 Å². The Morgan fingerprint density at radius 2 is 2.12 bits per heavy atom. The molecule has 0 fully saturated rings. The fourth-order valence-corrected chi connectivity index (χ4v) is 1.60. The quantitative estimate of drug-likeness (QED) is 0.722. The van der Waals surface area contributed by atoms with Crippen LogP contribution in [-0.4, -0.2) is 19.5 Å². The van der Waals surface area contributed by atoms with Crippen molar-refractivity contribution in [2.75, 3.05) is 24.6 Å². The van der Waals surface area contributed by atoms with Gasteiger partial charge in [-0.15, -0.1) is 0 Å². The Hall–Kier alpha value is -1.42. The Morgan fingerprint density at radius 1 is 1.47 bits per heavy atom. The number of amides is 1. The maximum atomic E-state index is 11.6. The summed E-state index contributed by atoms with van der Waals surface area (Å²) in [7, 11) is 1.62. The molecule has 0 aliphatic heterocycles. The van der Waals surface area contributed by atoms with Gasteiger partial charge in [0, 0.05) is 13.6 Å². The van der Waals surface area contributed by atoms with E-state index in [1.165, 1.54) is 0 Å². The molecule has 94 valence electrons. The van der Waals surface area contributed by atoms with E-state index >= 15 is 0 Å². The number of rotatable bonds is 4. The van der Waals surface area contributed by atoms with Crippen LogP contribution in [0.2, 0.25) is 5.02 Å². The zero-order valence-corrected chi connectivity index (χ0v) is 11.1. The first-order valence-electron chi connectivity index (χ1n) is 5.38. The molecular formula is C12H18ClN3O. The average molecular weight is 256 g/mol. The Balaban J connectivity index is 2.74. The molecule has 0 atom stereocenters. The van der Waals surface area contributed by atoms with E-state index in [4.69, 9.17) is 17.3 Å². The van der Waals surface area contributed by atoms with Gasteiger partial charge in [0.05, 0.1) is 21.8 Å². The summed E-state index contributed by atoms with van der Waals surface area (Å²) in [5.74, 6) is -0.0226. The zero-order chi connectivity index (χ0) is 13.1. The second kappa shape index (κ2) is 5.27. The van der Waals surface area contributed by atoms with Gasteiger partial charge in [-0.05, 0) is 26.0 Å². The highest BCUT2D eigenvalue weighted by Crippen LogP contribution is 2.27. The highest BCUT2D eigenvalue weighted by atomic mass is 35.5. The molecular weight excluding hydrogens is 238 g/mol. The van der Waals surface area contributed by atoms with Gasteiger partial charge in [-0.25, -0.2) is 0 Å². The van der Waals surface area contributed by atoms with Gasteiger partial charge >= 0.3 is 0 Å². The molecule has 0 saturated carbocycles. The van der Waals surface area contributed by atoms with Gasteiger partial charge in [0.25, 0.3) is 0 Å². The van der Waals surface area contributed by atoms with E-state index in [0.717, 1.165) is 5.69 Å².